The van der Waals surface area contributed by atoms with Crippen LogP contribution >= 0.6 is 11.6 Å². The summed E-state index contributed by atoms with van der Waals surface area (Å²) in [6.07, 6.45) is -2.10. The summed E-state index contributed by atoms with van der Waals surface area (Å²) in [4.78, 5) is 35.5. The molecule has 228 valence electrons. The predicted octanol–water partition coefficient (Wildman–Crippen LogP) is 4.77. The Morgan fingerprint density at radius 2 is 1.91 bits per heavy atom. The Hall–Kier alpha value is -3.90. The van der Waals surface area contributed by atoms with Crippen molar-refractivity contribution >= 4 is 29.7 Å². The zero-order valence-corrected chi connectivity index (χ0v) is 24.2. The van der Waals surface area contributed by atoms with E-state index in [9.17, 15) is 18.0 Å². The first kappa shape index (κ1) is 30.6. The fraction of sp³-hybridized carbons (Fsp3) is 0.400. The zero-order valence-electron chi connectivity index (χ0n) is 23.4. The normalized spacial score (nSPS) is 17.9. The second-order valence-electron chi connectivity index (χ2n) is 10.6. The van der Waals surface area contributed by atoms with Crippen molar-refractivity contribution in [1.29, 1.82) is 0 Å². The van der Waals surface area contributed by atoms with Crippen LogP contribution in [-0.2, 0) is 27.7 Å². The molecule has 0 atom stereocenters. The molecule has 0 unspecified atom stereocenters. The van der Waals surface area contributed by atoms with Gasteiger partial charge in [0.25, 0.3) is 6.47 Å². The van der Waals surface area contributed by atoms with Gasteiger partial charge in [-0.15, -0.1) is 0 Å². The number of rotatable bonds is 5. The van der Waals surface area contributed by atoms with Gasteiger partial charge in [0, 0.05) is 43.1 Å². The van der Waals surface area contributed by atoms with Crippen LogP contribution in [0.15, 0.2) is 48.7 Å². The number of hydrogen-bond donors (Lipinski definition) is 2. The van der Waals surface area contributed by atoms with E-state index >= 15 is 0 Å². The molecular formula is C30H31ClF3N5O4. The summed E-state index contributed by atoms with van der Waals surface area (Å²) in [5.74, 6) is 0.528. The van der Waals surface area contributed by atoms with Gasteiger partial charge in [-0.2, -0.15) is 13.2 Å². The molecule has 1 aromatic carbocycles. The summed E-state index contributed by atoms with van der Waals surface area (Å²) < 4.78 is 47.3. The number of alkyl halides is 3. The number of piperidine rings is 1. The average Bonchev–Trinajstić information content (AvgIpc) is 2.96. The molecule has 2 N–H and O–H groups in total. The predicted molar refractivity (Wildman–Crippen MR) is 154 cm³/mol. The Bertz CT molecular complexity index is 1490. The van der Waals surface area contributed by atoms with Gasteiger partial charge in [-0.1, -0.05) is 17.7 Å². The number of carbonyl (C=O) groups is 2. The van der Waals surface area contributed by atoms with E-state index in [0.717, 1.165) is 22.9 Å². The lowest BCUT2D eigenvalue weighted by Gasteiger charge is -2.51. The summed E-state index contributed by atoms with van der Waals surface area (Å²) in [5.41, 5.74) is 1.62. The minimum atomic E-state index is -4.54. The number of aromatic nitrogens is 2. The summed E-state index contributed by atoms with van der Waals surface area (Å²) >= 11 is 5.91. The third-order valence-electron chi connectivity index (χ3n) is 8.23. The molecule has 2 saturated heterocycles. The van der Waals surface area contributed by atoms with Gasteiger partial charge in [0.15, 0.2) is 0 Å². The first-order valence-electron chi connectivity index (χ1n) is 13.9. The second-order valence-corrected chi connectivity index (χ2v) is 11.0. The highest BCUT2D eigenvalue weighted by Crippen LogP contribution is 2.46. The lowest BCUT2D eigenvalue weighted by molar-refractivity contribution is -0.144. The quantitative estimate of drug-likeness (QED) is 0.395. The molecule has 1 spiro atoms. The SMILES string of the molecule is CCOc1ncccc1-c1ccc2c(n1)CN(C1CNC1)C(=O)C21CCN(c2ccc(Cl)cc2C(F)(F)F)CC1.O=CO. The summed E-state index contributed by atoms with van der Waals surface area (Å²) in [6, 6.07) is 11.5. The number of carbonyl (C=O) groups excluding carboxylic acids is 1. The van der Waals surface area contributed by atoms with E-state index in [1.54, 1.807) is 11.1 Å². The van der Waals surface area contributed by atoms with Gasteiger partial charge in [0.2, 0.25) is 11.8 Å². The molecule has 3 aliphatic heterocycles. The number of amides is 1. The van der Waals surface area contributed by atoms with Gasteiger partial charge in [-0.05, 0) is 61.7 Å². The molecule has 3 aliphatic rings. The average molecular weight is 618 g/mol. The van der Waals surface area contributed by atoms with Crippen LogP contribution in [0.5, 0.6) is 5.88 Å². The number of nitrogens with zero attached hydrogens (tertiary/aromatic N) is 4. The number of pyridine rings is 2. The summed E-state index contributed by atoms with van der Waals surface area (Å²) in [6.45, 7) is 4.51. The van der Waals surface area contributed by atoms with Crippen molar-refractivity contribution in [3.05, 3.63) is 70.5 Å². The van der Waals surface area contributed by atoms with Crippen molar-refractivity contribution in [2.75, 3.05) is 37.7 Å². The third-order valence-corrected chi connectivity index (χ3v) is 8.47. The Morgan fingerprint density at radius 1 is 1.19 bits per heavy atom. The number of fused-ring (bicyclic) bond motifs is 2. The van der Waals surface area contributed by atoms with E-state index in [4.69, 9.17) is 31.2 Å². The van der Waals surface area contributed by atoms with Gasteiger partial charge >= 0.3 is 6.18 Å². The van der Waals surface area contributed by atoms with E-state index in [0.29, 0.717) is 63.7 Å². The van der Waals surface area contributed by atoms with Crippen LogP contribution < -0.4 is 15.0 Å². The van der Waals surface area contributed by atoms with E-state index in [1.165, 1.54) is 12.1 Å². The molecule has 0 radical (unpaired) electrons. The van der Waals surface area contributed by atoms with E-state index in [2.05, 4.69) is 10.3 Å². The molecule has 43 heavy (non-hydrogen) atoms. The number of nitrogens with one attached hydrogen (secondary N) is 1. The molecule has 0 saturated carbocycles. The first-order valence-corrected chi connectivity index (χ1v) is 14.3. The van der Waals surface area contributed by atoms with Crippen molar-refractivity contribution in [2.45, 2.75) is 43.9 Å². The number of benzene rings is 1. The van der Waals surface area contributed by atoms with Gasteiger partial charge in [0.05, 0.1) is 47.1 Å². The Morgan fingerprint density at radius 3 is 2.53 bits per heavy atom. The first-order chi connectivity index (χ1) is 20.6. The van der Waals surface area contributed by atoms with Gasteiger partial charge in [-0.3, -0.25) is 14.6 Å². The van der Waals surface area contributed by atoms with E-state index in [-0.39, 0.29) is 29.1 Å². The zero-order chi connectivity index (χ0) is 30.8. The van der Waals surface area contributed by atoms with Gasteiger partial charge in [-0.25, -0.2) is 4.98 Å². The minimum Gasteiger partial charge on any atom is -0.483 e. The highest BCUT2D eigenvalue weighted by atomic mass is 35.5. The van der Waals surface area contributed by atoms with Crippen LogP contribution in [0.25, 0.3) is 11.3 Å². The van der Waals surface area contributed by atoms with Crippen molar-refractivity contribution in [3.63, 3.8) is 0 Å². The van der Waals surface area contributed by atoms with Crippen molar-refractivity contribution in [2.24, 2.45) is 0 Å². The molecule has 13 heteroatoms. The van der Waals surface area contributed by atoms with E-state index < -0.39 is 17.2 Å². The molecule has 9 nitrogen and oxygen atoms in total. The smallest absolute Gasteiger partial charge is 0.418 e. The molecule has 0 aliphatic carbocycles. The van der Waals surface area contributed by atoms with Crippen LogP contribution in [0.3, 0.4) is 0 Å². The van der Waals surface area contributed by atoms with Crippen LogP contribution in [-0.4, -0.2) is 71.2 Å². The molecule has 0 bridgehead atoms. The summed E-state index contributed by atoms with van der Waals surface area (Å²) in [7, 11) is 0. The van der Waals surface area contributed by atoms with Crippen molar-refractivity contribution in [1.82, 2.24) is 20.2 Å². The molecular weight excluding hydrogens is 587 g/mol. The fourth-order valence-corrected chi connectivity index (χ4v) is 6.25. The van der Waals surface area contributed by atoms with Crippen LogP contribution in [0.2, 0.25) is 5.02 Å². The number of ether oxygens (including phenoxy) is 1. The lowest BCUT2D eigenvalue weighted by Crippen LogP contribution is -2.65. The maximum absolute atomic E-state index is 14.1. The van der Waals surface area contributed by atoms with Crippen molar-refractivity contribution < 1.29 is 32.6 Å². The molecule has 1 amide bonds. The maximum atomic E-state index is 14.1. The minimum absolute atomic E-state index is 0.0317. The van der Waals surface area contributed by atoms with Crippen LogP contribution in [0, 0.1) is 0 Å². The lowest BCUT2D eigenvalue weighted by atomic mass is 9.68. The number of carboxylic acid groups (broad SMARTS) is 1. The highest BCUT2D eigenvalue weighted by Gasteiger charge is 2.52. The second kappa shape index (κ2) is 12.4. The van der Waals surface area contributed by atoms with Crippen molar-refractivity contribution in [3.8, 4) is 17.1 Å². The summed E-state index contributed by atoms with van der Waals surface area (Å²) in [5, 5.41) is 10.2. The van der Waals surface area contributed by atoms with Gasteiger partial charge in [0.1, 0.15) is 0 Å². The third kappa shape index (κ3) is 5.85. The number of anilines is 1. The number of halogens is 4. The fourth-order valence-electron chi connectivity index (χ4n) is 6.08. The topological polar surface area (TPSA) is 108 Å². The molecule has 2 aromatic heterocycles. The Balaban J connectivity index is 0.00000118. The molecule has 6 rings (SSSR count). The van der Waals surface area contributed by atoms with Crippen LogP contribution in [0.1, 0.15) is 36.6 Å². The van der Waals surface area contributed by atoms with E-state index in [1.807, 2.05) is 36.1 Å². The highest BCUT2D eigenvalue weighted by molar-refractivity contribution is 6.30. The maximum Gasteiger partial charge on any atom is 0.418 e. The molecule has 5 heterocycles. The molecule has 2 fully saturated rings. The Kier molecular flexibility index (Phi) is 8.79. The Labute approximate surface area is 251 Å². The van der Waals surface area contributed by atoms with Crippen LogP contribution in [0.4, 0.5) is 18.9 Å². The standard InChI is InChI=1S/C29H29ClF3N5O2.CH2O2/c1-2-40-26-20(4-3-11-35-26)23-7-6-21-24(36-23)17-38(19-15-34-16-19)27(39)28(21)9-12-37(13-10-28)25-8-5-18(30)14-22(25)29(31,32)33;2-1-3/h3-8,11,14,19,34H,2,9-10,12-13,15-17H2,1H3;1H,(H,2,3). The largest absolute Gasteiger partial charge is 0.483 e. The molecule has 3 aromatic rings. The monoisotopic (exact) mass is 617 g/mol. The van der Waals surface area contributed by atoms with Gasteiger partial charge < -0.3 is 25.0 Å². The number of hydrogen-bond acceptors (Lipinski definition) is 7.